The van der Waals surface area contributed by atoms with Crippen LogP contribution in [0.25, 0.3) is 0 Å². The van der Waals surface area contributed by atoms with Crippen molar-refractivity contribution in [2.75, 3.05) is 14.2 Å². The van der Waals surface area contributed by atoms with Crippen LogP contribution in [0, 0.1) is 0 Å². The van der Waals surface area contributed by atoms with E-state index in [4.69, 9.17) is 9.47 Å². The van der Waals surface area contributed by atoms with Gasteiger partial charge in [0.25, 0.3) is 0 Å². The maximum absolute atomic E-state index is 5.18. The maximum Gasteiger partial charge on any atom is 0.118 e. The van der Waals surface area contributed by atoms with Crippen molar-refractivity contribution >= 4 is 0 Å². The molecule has 3 heteroatoms. The number of methoxy groups -OCH3 is 2. The van der Waals surface area contributed by atoms with E-state index in [1.807, 2.05) is 24.3 Å². The highest BCUT2D eigenvalue weighted by Crippen LogP contribution is 2.14. The van der Waals surface area contributed by atoms with E-state index in [-0.39, 0.29) is 0 Å². The van der Waals surface area contributed by atoms with Crippen molar-refractivity contribution in [2.24, 2.45) is 0 Å². The van der Waals surface area contributed by atoms with E-state index in [9.17, 15) is 0 Å². The third-order valence-corrected chi connectivity index (χ3v) is 3.84. The minimum atomic E-state index is 0.476. The quantitative estimate of drug-likeness (QED) is 0.804. The fourth-order valence-electron chi connectivity index (χ4n) is 2.31. The molecule has 0 bridgehead atoms. The largest absolute Gasteiger partial charge is 0.497 e. The van der Waals surface area contributed by atoms with Gasteiger partial charge in [-0.15, -0.1) is 0 Å². The molecule has 2 rings (SSSR count). The lowest BCUT2D eigenvalue weighted by atomic mass is 10.1. The van der Waals surface area contributed by atoms with Crippen molar-refractivity contribution in [2.45, 2.75) is 32.4 Å². The first kappa shape index (κ1) is 16.4. The SMILES string of the molecule is COc1ccc(CCC(C)NCc2ccc(OC)cc2)cc1. The Morgan fingerprint density at radius 2 is 1.32 bits per heavy atom. The number of rotatable bonds is 8. The van der Waals surface area contributed by atoms with E-state index < -0.39 is 0 Å². The van der Waals surface area contributed by atoms with Crippen LogP contribution in [-0.4, -0.2) is 20.3 Å². The normalized spacial score (nSPS) is 12.0. The van der Waals surface area contributed by atoms with Gasteiger partial charge in [-0.3, -0.25) is 0 Å². The summed E-state index contributed by atoms with van der Waals surface area (Å²) in [6.45, 7) is 3.11. The fourth-order valence-corrected chi connectivity index (χ4v) is 2.31. The van der Waals surface area contributed by atoms with Crippen LogP contribution < -0.4 is 14.8 Å². The molecule has 22 heavy (non-hydrogen) atoms. The molecule has 0 radical (unpaired) electrons. The third-order valence-electron chi connectivity index (χ3n) is 3.84. The zero-order chi connectivity index (χ0) is 15.8. The Morgan fingerprint density at radius 3 is 1.82 bits per heavy atom. The monoisotopic (exact) mass is 299 g/mol. The van der Waals surface area contributed by atoms with Gasteiger partial charge >= 0.3 is 0 Å². The summed E-state index contributed by atoms with van der Waals surface area (Å²) >= 11 is 0. The van der Waals surface area contributed by atoms with Crippen LogP contribution in [-0.2, 0) is 13.0 Å². The van der Waals surface area contributed by atoms with Gasteiger partial charge in [-0.2, -0.15) is 0 Å². The van der Waals surface area contributed by atoms with E-state index in [2.05, 4.69) is 36.5 Å². The van der Waals surface area contributed by atoms with Gasteiger partial charge < -0.3 is 14.8 Å². The number of hydrogen-bond donors (Lipinski definition) is 1. The Balaban J connectivity index is 1.73. The predicted octanol–water partition coefficient (Wildman–Crippen LogP) is 3.81. The predicted molar refractivity (Wildman–Crippen MR) is 90.6 cm³/mol. The molecule has 2 aromatic carbocycles. The van der Waals surface area contributed by atoms with E-state index >= 15 is 0 Å². The second kappa shape index (κ2) is 8.44. The van der Waals surface area contributed by atoms with Crippen molar-refractivity contribution in [1.82, 2.24) is 5.32 Å². The summed E-state index contributed by atoms with van der Waals surface area (Å²) in [6, 6.07) is 17.0. The molecule has 2 aromatic rings. The van der Waals surface area contributed by atoms with Crippen molar-refractivity contribution in [3.8, 4) is 11.5 Å². The molecule has 1 unspecified atom stereocenters. The second-order valence-electron chi connectivity index (χ2n) is 5.52. The Bertz CT molecular complexity index is 497. The minimum absolute atomic E-state index is 0.476. The summed E-state index contributed by atoms with van der Waals surface area (Å²) in [7, 11) is 3.38. The van der Waals surface area contributed by atoms with Gasteiger partial charge in [0.05, 0.1) is 14.2 Å². The first-order valence-electron chi connectivity index (χ1n) is 7.70. The molecule has 0 heterocycles. The van der Waals surface area contributed by atoms with E-state index in [1.165, 1.54) is 11.1 Å². The third kappa shape index (κ3) is 5.08. The van der Waals surface area contributed by atoms with Crippen molar-refractivity contribution < 1.29 is 9.47 Å². The average molecular weight is 299 g/mol. The fraction of sp³-hybridized carbons (Fsp3) is 0.368. The van der Waals surface area contributed by atoms with Crippen LogP contribution in [0.5, 0.6) is 11.5 Å². The van der Waals surface area contributed by atoms with E-state index in [1.54, 1.807) is 14.2 Å². The molecule has 118 valence electrons. The second-order valence-corrected chi connectivity index (χ2v) is 5.52. The molecule has 0 saturated heterocycles. The van der Waals surface area contributed by atoms with E-state index in [0.717, 1.165) is 30.9 Å². The van der Waals surface area contributed by atoms with Crippen molar-refractivity contribution in [1.29, 1.82) is 0 Å². The minimum Gasteiger partial charge on any atom is -0.497 e. The number of hydrogen-bond acceptors (Lipinski definition) is 3. The van der Waals surface area contributed by atoms with Gasteiger partial charge in [0.15, 0.2) is 0 Å². The number of nitrogens with one attached hydrogen (secondary N) is 1. The summed E-state index contributed by atoms with van der Waals surface area (Å²) in [5, 5.41) is 3.56. The molecule has 3 nitrogen and oxygen atoms in total. The zero-order valence-corrected chi connectivity index (χ0v) is 13.6. The molecule has 0 saturated carbocycles. The van der Waals surface area contributed by atoms with Gasteiger partial charge in [0.2, 0.25) is 0 Å². The lowest BCUT2D eigenvalue weighted by Gasteiger charge is -2.14. The number of ether oxygens (including phenoxy) is 2. The topological polar surface area (TPSA) is 30.5 Å². The Labute approximate surface area is 133 Å². The van der Waals surface area contributed by atoms with Gasteiger partial charge in [-0.25, -0.2) is 0 Å². The first-order valence-corrected chi connectivity index (χ1v) is 7.70. The van der Waals surface area contributed by atoms with Crippen LogP contribution >= 0.6 is 0 Å². The van der Waals surface area contributed by atoms with Gasteiger partial charge in [0.1, 0.15) is 11.5 Å². The van der Waals surface area contributed by atoms with Crippen LogP contribution in [0.3, 0.4) is 0 Å². The Kier molecular flexibility index (Phi) is 6.28. The molecule has 0 aliphatic heterocycles. The molecule has 1 atom stereocenters. The summed E-state index contributed by atoms with van der Waals surface area (Å²) in [5.41, 5.74) is 2.62. The molecule has 0 aliphatic carbocycles. The highest BCUT2D eigenvalue weighted by molar-refractivity contribution is 5.28. The molecule has 1 N–H and O–H groups in total. The average Bonchev–Trinajstić information content (AvgIpc) is 2.59. The maximum atomic E-state index is 5.18. The van der Waals surface area contributed by atoms with Gasteiger partial charge in [-0.05, 0) is 55.2 Å². The summed E-state index contributed by atoms with van der Waals surface area (Å²) in [5.74, 6) is 1.81. The lowest BCUT2D eigenvalue weighted by molar-refractivity contribution is 0.414. The number of benzene rings is 2. The van der Waals surface area contributed by atoms with Crippen molar-refractivity contribution in [3.05, 3.63) is 59.7 Å². The van der Waals surface area contributed by atoms with Gasteiger partial charge in [-0.1, -0.05) is 24.3 Å². The molecular formula is C19H25NO2. The Morgan fingerprint density at radius 1 is 0.818 bits per heavy atom. The summed E-state index contributed by atoms with van der Waals surface area (Å²) in [4.78, 5) is 0. The summed E-state index contributed by atoms with van der Waals surface area (Å²) in [6.07, 6.45) is 2.18. The molecule has 0 aliphatic rings. The van der Waals surface area contributed by atoms with Crippen molar-refractivity contribution in [3.63, 3.8) is 0 Å². The Hall–Kier alpha value is -2.00. The standard InChI is InChI=1S/C19H25NO2/c1-15(4-5-16-6-10-18(21-2)11-7-16)20-14-17-8-12-19(22-3)13-9-17/h6-13,15,20H,4-5,14H2,1-3H3. The highest BCUT2D eigenvalue weighted by atomic mass is 16.5. The van der Waals surface area contributed by atoms with Crippen LogP contribution in [0.2, 0.25) is 0 Å². The van der Waals surface area contributed by atoms with Crippen LogP contribution in [0.15, 0.2) is 48.5 Å². The summed E-state index contributed by atoms with van der Waals surface area (Å²) < 4.78 is 10.3. The van der Waals surface area contributed by atoms with Gasteiger partial charge in [0, 0.05) is 12.6 Å². The first-order chi connectivity index (χ1) is 10.7. The highest BCUT2D eigenvalue weighted by Gasteiger charge is 2.03. The van der Waals surface area contributed by atoms with E-state index in [0.29, 0.717) is 6.04 Å². The molecule has 0 amide bonds. The molecule has 0 spiro atoms. The molecular weight excluding hydrogens is 274 g/mol. The zero-order valence-electron chi connectivity index (χ0n) is 13.6. The molecule has 0 aromatic heterocycles. The van der Waals surface area contributed by atoms with Crippen LogP contribution in [0.4, 0.5) is 0 Å². The smallest absolute Gasteiger partial charge is 0.118 e. The van der Waals surface area contributed by atoms with Crippen LogP contribution in [0.1, 0.15) is 24.5 Å². The number of aryl methyl sites for hydroxylation is 1. The lowest BCUT2D eigenvalue weighted by Crippen LogP contribution is -2.25. The molecule has 0 fully saturated rings.